The number of amides is 1. The van der Waals surface area contributed by atoms with E-state index in [4.69, 9.17) is 0 Å². The molecule has 2 rings (SSSR count). The second-order valence-corrected chi connectivity index (χ2v) is 5.50. The fourth-order valence-electron chi connectivity index (χ4n) is 1.89. The van der Waals surface area contributed by atoms with Crippen LogP contribution in [0.15, 0.2) is 17.5 Å². The third-order valence-electron chi connectivity index (χ3n) is 2.74. The molecule has 0 aliphatic carbocycles. The van der Waals surface area contributed by atoms with E-state index in [9.17, 15) is 4.79 Å². The van der Waals surface area contributed by atoms with Gasteiger partial charge in [0.15, 0.2) is 0 Å². The van der Waals surface area contributed by atoms with Gasteiger partial charge in [0.1, 0.15) is 5.69 Å². The molecule has 4 heteroatoms. The van der Waals surface area contributed by atoms with Crippen molar-refractivity contribution in [2.75, 3.05) is 6.54 Å². The molecule has 1 amide bonds. The molecule has 0 spiro atoms. The molecule has 0 aromatic carbocycles. The number of hydrogen-bond acceptors (Lipinski definition) is 2. The van der Waals surface area contributed by atoms with Crippen LogP contribution in [0.1, 0.15) is 31.3 Å². The summed E-state index contributed by atoms with van der Waals surface area (Å²) in [4.78, 5) is 12.1. The van der Waals surface area contributed by atoms with Gasteiger partial charge in [-0.2, -0.15) is 0 Å². The van der Waals surface area contributed by atoms with Gasteiger partial charge in [0.2, 0.25) is 0 Å². The Kier molecular flexibility index (Phi) is 3.52. The lowest BCUT2D eigenvalue weighted by Gasteiger charge is -2.09. The van der Waals surface area contributed by atoms with Gasteiger partial charge in [-0.15, -0.1) is 11.3 Å². The molecule has 0 fully saturated rings. The van der Waals surface area contributed by atoms with Crippen molar-refractivity contribution in [2.45, 2.75) is 27.3 Å². The molecule has 0 radical (unpaired) electrons. The number of carbonyl (C=O) groups excluding carboxylic acids is 1. The summed E-state index contributed by atoms with van der Waals surface area (Å²) >= 11 is 1.68. The number of aromatic nitrogens is 1. The van der Waals surface area contributed by atoms with E-state index in [1.807, 2.05) is 6.07 Å². The van der Waals surface area contributed by atoms with Crippen LogP contribution in [0, 0.1) is 5.92 Å². The lowest BCUT2D eigenvalue weighted by Crippen LogP contribution is -2.29. The van der Waals surface area contributed by atoms with E-state index in [0.29, 0.717) is 5.92 Å². The Morgan fingerprint density at radius 2 is 2.29 bits per heavy atom. The Morgan fingerprint density at radius 3 is 2.94 bits per heavy atom. The zero-order valence-electron chi connectivity index (χ0n) is 10.5. The maximum Gasteiger partial charge on any atom is 0.267 e. The molecule has 0 unspecified atom stereocenters. The van der Waals surface area contributed by atoms with Crippen LogP contribution >= 0.6 is 11.3 Å². The van der Waals surface area contributed by atoms with Gasteiger partial charge >= 0.3 is 0 Å². The first-order valence-corrected chi connectivity index (χ1v) is 6.86. The van der Waals surface area contributed by atoms with Crippen LogP contribution in [0.5, 0.6) is 0 Å². The summed E-state index contributed by atoms with van der Waals surface area (Å²) < 4.78 is 3.25. The normalized spacial score (nSPS) is 11.3. The fourth-order valence-corrected chi connectivity index (χ4v) is 2.72. The third-order valence-corrected chi connectivity index (χ3v) is 3.60. The lowest BCUT2D eigenvalue weighted by molar-refractivity contribution is 0.0940. The number of thiophene rings is 1. The Bertz CT molecular complexity index is 524. The van der Waals surface area contributed by atoms with E-state index in [1.165, 1.54) is 4.70 Å². The molecule has 2 aromatic rings. The molecule has 0 saturated carbocycles. The molecule has 0 atom stereocenters. The smallest absolute Gasteiger partial charge is 0.267 e. The summed E-state index contributed by atoms with van der Waals surface area (Å²) in [6, 6.07) is 4.06. The highest BCUT2D eigenvalue weighted by atomic mass is 32.1. The van der Waals surface area contributed by atoms with Crippen molar-refractivity contribution in [3.63, 3.8) is 0 Å². The number of fused-ring (bicyclic) bond motifs is 1. The molecule has 2 aromatic heterocycles. The number of nitrogens with one attached hydrogen (secondary N) is 1. The predicted octanol–water partition coefficient (Wildman–Crippen LogP) is 3.11. The van der Waals surface area contributed by atoms with Crippen LogP contribution in [-0.2, 0) is 6.54 Å². The third kappa shape index (κ3) is 2.36. The van der Waals surface area contributed by atoms with Crippen molar-refractivity contribution >= 4 is 27.5 Å². The highest BCUT2D eigenvalue weighted by Gasteiger charge is 2.15. The summed E-state index contributed by atoms with van der Waals surface area (Å²) in [5, 5.41) is 5.03. The second kappa shape index (κ2) is 4.92. The van der Waals surface area contributed by atoms with Crippen molar-refractivity contribution in [1.82, 2.24) is 9.88 Å². The summed E-state index contributed by atoms with van der Waals surface area (Å²) in [5.41, 5.74) is 1.93. The quantitative estimate of drug-likeness (QED) is 0.889. The molecule has 3 nitrogen and oxygen atoms in total. The first kappa shape index (κ1) is 12.2. The number of aryl methyl sites for hydroxylation is 1. The number of rotatable bonds is 4. The maximum atomic E-state index is 12.1. The molecule has 0 bridgehead atoms. The first-order chi connectivity index (χ1) is 8.13. The minimum Gasteiger partial charge on any atom is -0.351 e. The SMILES string of the molecule is CCn1c(C(=O)NCC(C)C)cc2sccc21. The second-order valence-electron chi connectivity index (χ2n) is 4.55. The van der Waals surface area contributed by atoms with Crippen LogP contribution in [0.25, 0.3) is 10.2 Å². The highest BCUT2D eigenvalue weighted by molar-refractivity contribution is 7.17. The number of carbonyl (C=O) groups is 1. The molecular formula is C13H18N2OS. The van der Waals surface area contributed by atoms with Crippen molar-refractivity contribution in [1.29, 1.82) is 0 Å². The van der Waals surface area contributed by atoms with Crippen LogP contribution in [0.3, 0.4) is 0 Å². The maximum absolute atomic E-state index is 12.1. The molecular weight excluding hydrogens is 232 g/mol. The lowest BCUT2D eigenvalue weighted by atomic mass is 10.2. The molecule has 0 aliphatic rings. The zero-order chi connectivity index (χ0) is 12.4. The number of hydrogen-bond donors (Lipinski definition) is 1. The summed E-state index contributed by atoms with van der Waals surface area (Å²) in [6.45, 7) is 7.80. The van der Waals surface area contributed by atoms with Gasteiger partial charge < -0.3 is 9.88 Å². The molecule has 2 heterocycles. The van der Waals surface area contributed by atoms with Crippen molar-refractivity contribution in [2.24, 2.45) is 5.92 Å². The van der Waals surface area contributed by atoms with E-state index in [0.717, 1.165) is 24.3 Å². The van der Waals surface area contributed by atoms with Gasteiger partial charge in [0, 0.05) is 13.1 Å². The first-order valence-electron chi connectivity index (χ1n) is 5.98. The fraction of sp³-hybridized carbons (Fsp3) is 0.462. The van der Waals surface area contributed by atoms with Gasteiger partial charge in [0.25, 0.3) is 5.91 Å². The van der Waals surface area contributed by atoms with Crippen molar-refractivity contribution in [3.05, 3.63) is 23.2 Å². The Hall–Kier alpha value is -1.29. The Labute approximate surface area is 105 Å². The van der Waals surface area contributed by atoms with Crippen molar-refractivity contribution < 1.29 is 4.79 Å². The van der Waals surface area contributed by atoms with E-state index in [-0.39, 0.29) is 5.91 Å². The van der Waals surface area contributed by atoms with E-state index >= 15 is 0 Å². The average molecular weight is 250 g/mol. The molecule has 1 N–H and O–H groups in total. The monoisotopic (exact) mass is 250 g/mol. The summed E-state index contributed by atoms with van der Waals surface area (Å²) in [6.07, 6.45) is 0. The molecule has 0 aliphatic heterocycles. The van der Waals surface area contributed by atoms with E-state index in [2.05, 4.69) is 42.1 Å². The standard InChI is InChI=1S/C13H18N2OS/c1-4-15-10-5-6-17-12(10)7-11(15)13(16)14-8-9(2)3/h5-7,9H,4,8H2,1-3H3,(H,14,16). The largest absolute Gasteiger partial charge is 0.351 e. The van der Waals surface area contributed by atoms with E-state index < -0.39 is 0 Å². The predicted molar refractivity (Wildman–Crippen MR) is 72.7 cm³/mol. The minimum atomic E-state index is 0.0314. The topological polar surface area (TPSA) is 34.0 Å². The summed E-state index contributed by atoms with van der Waals surface area (Å²) in [5.74, 6) is 0.508. The highest BCUT2D eigenvalue weighted by Crippen LogP contribution is 2.25. The average Bonchev–Trinajstić information content (AvgIpc) is 2.84. The van der Waals surface area contributed by atoms with Gasteiger partial charge in [0.05, 0.1) is 10.2 Å². The van der Waals surface area contributed by atoms with Gasteiger partial charge in [-0.05, 0) is 30.4 Å². The van der Waals surface area contributed by atoms with Gasteiger partial charge in [-0.25, -0.2) is 0 Å². The molecule has 0 saturated heterocycles. The summed E-state index contributed by atoms with van der Waals surface area (Å²) in [7, 11) is 0. The Balaban J connectivity index is 2.27. The van der Waals surface area contributed by atoms with Crippen LogP contribution in [0.4, 0.5) is 0 Å². The molecule has 92 valence electrons. The van der Waals surface area contributed by atoms with E-state index in [1.54, 1.807) is 11.3 Å². The van der Waals surface area contributed by atoms with Crippen LogP contribution in [0.2, 0.25) is 0 Å². The molecule has 17 heavy (non-hydrogen) atoms. The minimum absolute atomic E-state index is 0.0314. The van der Waals surface area contributed by atoms with Crippen LogP contribution in [-0.4, -0.2) is 17.0 Å². The van der Waals surface area contributed by atoms with Gasteiger partial charge in [-0.3, -0.25) is 4.79 Å². The Morgan fingerprint density at radius 1 is 1.53 bits per heavy atom. The van der Waals surface area contributed by atoms with Crippen molar-refractivity contribution in [3.8, 4) is 0 Å². The van der Waals surface area contributed by atoms with Crippen LogP contribution < -0.4 is 5.32 Å². The zero-order valence-corrected chi connectivity index (χ0v) is 11.3. The van der Waals surface area contributed by atoms with Gasteiger partial charge in [-0.1, -0.05) is 13.8 Å². The number of nitrogens with zero attached hydrogens (tertiary/aromatic N) is 1.